The topological polar surface area (TPSA) is 88.6 Å². The van der Waals surface area contributed by atoms with Gasteiger partial charge in [0.15, 0.2) is 17.1 Å². The van der Waals surface area contributed by atoms with Gasteiger partial charge in [-0.05, 0) is 55.4 Å². The average molecular weight is 468 g/mol. The quantitative estimate of drug-likeness (QED) is 0.247. The molecule has 2 aliphatic rings. The number of carbonyl (C=O) groups excluding carboxylic acids is 1. The van der Waals surface area contributed by atoms with Crippen LogP contribution in [-0.4, -0.2) is 50.7 Å². The van der Waals surface area contributed by atoms with Crippen LogP contribution in [-0.2, 0) is 4.84 Å². The van der Waals surface area contributed by atoms with Gasteiger partial charge in [-0.15, -0.1) is 0 Å². The maximum absolute atomic E-state index is 13.2. The molecule has 2 aromatic rings. The van der Waals surface area contributed by atoms with Crippen LogP contribution < -0.4 is 10.1 Å². The van der Waals surface area contributed by atoms with E-state index in [1.54, 1.807) is 12.2 Å². The fourth-order valence-electron chi connectivity index (χ4n) is 4.27. The van der Waals surface area contributed by atoms with Gasteiger partial charge >= 0.3 is 6.03 Å². The Labute approximate surface area is 200 Å². The van der Waals surface area contributed by atoms with Crippen LogP contribution in [0.1, 0.15) is 58.4 Å². The minimum atomic E-state index is -0.409. The van der Waals surface area contributed by atoms with Gasteiger partial charge < -0.3 is 14.7 Å². The molecule has 0 aliphatic heterocycles. The third-order valence-corrected chi connectivity index (χ3v) is 6.32. The highest BCUT2D eigenvalue weighted by Gasteiger charge is 2.30. The van der Waals surface area contributed by atoms with Gasteiger partial charge in [0, 0.05) is 23.6 Å². The largest absolute Gasteiger partial charge is 0.535 e. The van der Waals surface area contributed by atoms with E-state index in [4.69, 9.17) is 14.7 Å². The first-order valence-electron chi connectivity index (χ1n) is 12.1. The average Bonchev–Trinajstić information content (AvgIpc) is 3.53. The number of amides is 2. The van der Waals surface area contributed by atoms with Gasteiger partial charge in [0.05, 0.1) is 23.8 Å². The lowest BCUT2D eigenvalue weighted by Crippen LogP contribution is -2.32. The Morgan fingerprint density at radius 1 is 1.26 bits per heavy atom. The Morgan fingerprint density at radius 2 is 2.00 bits per heavy atom. The zero-order valence-electron chi connectivity index (χ0n) is 20.2. The first-order valence-corrected chi connectivity index (χ1v) is 12.1. The van der Waals surface area contributed by atoms with E-state index in [-0.39, 0.29) is 24.2 Å². The molecule has 0 atom stereocenters. The fraction of sp³-hybridized carbons (Fsp3) is 0.500. The molecule has 2 fully saturated rings. The molecule has 1 aromatic heterocycles. The van der Waals surface area contributed by atoms with Crippen LogP contribution in [0.15, 0.2) is 43.1 Å². The van der Waals surface area contributed by atoms with Crippen LogP contribution in [0.2, 0.25) is 0 Å². The van der Waals surface area contributed by atoms with Crippen molar-refractivity contribution < 1.29 is 24.2 Å². The number of aromatic nitrogens is 2. The van der Waals surface area contributed by atoms with Gasteiger partial charge in [-0.2, -0.15) is 15.2 Å². The number of aliphatic hydroxyl groups is 1. The molecule has 2 N–H and O–H groups in total. The summed E-state index contributed by atoms with van der Waals surface area (Å²) >= 11 is 0. The SMILES string of the molecule is C=C/C=C\C(C(C)C)=[N+](\OC)C(=O)Nc1cc2cn(C3CCC(O)CC3)nc2cc1OC1CC1. The lowest BCUT2D eigenvalue weighted by atomic mass is 9.93. The molecule has 0 bridgehead atoms. The number of hydroxylamine groups is 1. The minimum absolute atomic E-state index is 0.0545. The molecule has 34 heavy (non-hydrogen) atoms. The summed E-state index contributed by atoms with van der Waals surface area (Å²) in [4.78, 5) is 18.7. The van der Waals surface area contributed by atoms with Crippen LogP contribution in [0.25, 0.3) is 10.9 Å². The number of anilines is 1. The summed E-state index contributed by atoms with van der Waals surface area (Å²) in [5.74, 6) is 0.662. The molecule has 0 radical (unpaired) electrons. The third kappa shape index (κ3) is 5.50. The van der Waals surface area contributed by atoms with Crippen LogP contribution in [0, 0.1) is 5.92 Å². The lowest BCUT2D eigenvalue weighted by Gasteiger charge is -2.25. The number of nitrogens with zero attached hydrogens (tertiary/aromatic N) is 3. The summed E-state index contributed by atoms with van der Waals surface area (Å²) in [6.45, 7) is 7.70. The van der Waals surface area contributed by atoms with Gasteiger partial charge in [-0.1, -0.05) is 32.6 Å². The molecular weight excluding hydrogens is 432 g/mol. The first kappa shape index (κ1) is 24.0. The molecular formula is C26H35N4O4+. The van der Waals surface area contributed by atoms with Crippen LogP contribution >= 0.6 is 0 Å². The lowest BCUT2D eigenvalue weighted by molar-refractivity contribution is -0.705. The van der Waals surface area contributed by atoms with E-state index in [9.17, 15) is 9.90 Å². The van der Waals surface area contributed by atoms with Crippen molar-refractivity contribution >= 4 is 28.3 Å². The second-order valence-electron chi connectivity index (χ2n) is 9.38. The van der Waals surface area contributed by atoms with Crippen molar-refractivity contribution in [1.29, 1.82) is 0 Å². The van der Waals surface area contributed by atoms with E-state index in [1.807, 2.05) is 42.9 Å². The van der Waals surface area contributed by atoms with E-state index >= 15 is 0 Å². The van der Waals surface area contributed by atoms with E-state index in [0.717, 1.165) is 49.4 Å². The van der Waals surface area contributed by atoms with E-state index < -0.39 is 6.03 Å². The zero-order valence-corrected chi connectivity index (χ0v) is 20.2. The summed E-state index contributed by atoms with van der Waals surface area (Å²) in [5, 5.41) is 18.5. The van der Waals surface area contributed by atoms with Crippen molar-refractivity contribution in [3.63, 3.8) is 0 Å². The Balaban J connectivity index is 1.66. The summed E-state index contributed by atoms with van der Waals surface area (Å²) in [6, 6.07) is 3.67. The smallest absolute Gasteiger partial charge is 0.486 e. The van der Waals surface area contributed by atoms with Gasteiger partial charge in [-0.25, -0.2) is 0 Å². The predicted octanol–water partition coefficient (Wildman–Crippen LogP) is 5.00. The Bertz CT molecular complexity index is 1110. The van der Waals surface area contributed by atoms with E-state index in [1.165, 1.54) is 11.8 Å². The maximum atomic E-state index is 13.2. The van der Waals surface area contributed by atoms with Gasteiger partial charge in [0.1, 0.15) is 7.11 Å². The van der Waals surface area contributed by atoms with Crippen LogP contribution in [0.5, 0.6) is 5.75 Å². The van der Waals surface area contributed by atoms with Crippen molar-refractivity contribution in [2.24, 2.45) is 5.92 Å². The van der Waals surface area contributed by atoms with Crippen LogP contribution in [0.4, 0.5) is 10.5 Å². The number of nitrogens with one attached hydrogen (secondary N) is 1. The second-order valence-corrected chi connectivity index (χ2v) is 9.38. The first-order chi connectivity index (χ1) is 16.4. The molecule has 2 amide bonds. The number of aliphatic hydroxyl groups excluding tert-OH is 1. The number of fused-ring (bicyclic) bond motifs is 1. The summed E-state index contributed by atoms with van der Waals surface area (Å²) in [7, 11) is 1.47. The molecule has 2 saturated carbocycles. The molecule has 1 aromatic carbocycles. The van der Waals surface area contributed by atoms with Crippen molar-refractivity contribution in [1.82, 2.24) is 9.78 Å². The highest BCUT2D eigenvalue weighted by molar-refractivity contribution is 5.98. The summed E-state index contributed by atoms with van der Waals surface area (Å²) in [6.07, 6.45) is 12.6. The molecule has 182 valence electrons. The number of hydrogen-bond acceptors (Lipinski definition) is 5. The molecule has 0 spiro atoms. The number of ether oxygens (including phenoxy) is 1. The number of allylic oxidation sites excluding steroid dienone is 3. The van der Waals surface area contributed by atoms with Crippen molar-refractivity contribution in [2.45, 2.75) is 70.6 Å². The fourth-order valence-corrected chi connectivity index (χ4v) is 4.27. The Hall–Kier alpha value is -3.13. The molecule has 8 heteroatoms. The van der Waals surface area contributed by atoms with E-state index in [0.29, 0.717) is 17.1 Å². The van der Waals surface area contributed by atoms with Crippen molar-refractivity contribution in [3.05, 3.63) is 43.1 Å². The highest BCUT2D eigenvalue weighted by atomic mass is 16.7. The third-order valence-electron chi connectivity index (χ3n) is 6.32. The minimum Gasteiger partial charge on any atom is -0.486 e. The predicted molar refractivity (Wildman–Crippen MR) is 132 cm³/mol. The summed E-state index contributed by atoms with van der Waals surface area (Å²) < 4.78 is 9.38. The van der Waals surface area contributed by atoms with Crippen molar-refractivity contribution in [3.8, 4) is 5.75 Å². The molecule has 8 nitrogen and oxygen atoms in total. The zero-order chi connectivity index (χ0) is 24.2. The molecule has 4 rings (SSSR count). The van der Waals surface area contributed by atoms with Gasteiger partial charge in [0.2, 0.25) is 0 Å². The van der Waals surface area contributed by atoms with Crippen LogP contribution in [0.3, 0.4) is 0 Å². The number of benzene rings is 1. The van der Waals surface area contributed by atoms with E-state index in [2.05, 4.69) is 11.9 Å². The maximum Gasteiger partial charge on any atom is 0.535 e. The molecule has 2 aliphatic carbocycles. The van der Waals surface area contributed by atoms with Gasteiger partial charge in [0.25, 0.3) is 0 Å². The number of hydrogen-bond donors (Lipinski definition) is 2. The molecule has 0 saturated heterocycles. The normalized spacial score (nSPS) is 21.6. The standard InChI is InChI=1S/C26H34N4O4/c1-5-6-7-24(17(2)3)30(33-4)26(32)27-23-14-18-16-29(19-8-10-20(31)11-9-19)28-22(18)15-25(23)34-21-12-13-21/h5-7,14-17,19-21,31H,1,8-13H2,2-4H3/p+1/b7-6-,30-24-. The second kappa shape index (κ2) is 10.4. The Morgan fingerprint density at radius 3 is 2.62 bits per heavy atom. The summed E-state index contributed by atoms with van der Waals surface area (Å²) in [5.41, 5.74) is 2.12. The monoisotopic (exact) mass is 467 g/mol. The Kier molecular flexibility index (Phi) is 7.36. The number of rotatable bonds is 8. The number of carbonyl (C=O) groups is 1. The molecule has 1 heterocycles. The van der Waals surface area contributed by atoms with Crippen molar-refractivity contribution in [2.75, 3.05) is 12.4 Å². The number of urea groups is 1. The molecule has 0 unspecified atom stereocenters. The highest BCUT2D eigenvalue weighted by Crippen LogP contribution is 2.36. The van der Waals surface area contributed by atoms with Gasteiger partial charge in [-0.3, -0.25) is 4.68 Å².